The molecule has 3 amide bonds. The molecule has 3 aliphatic rings. The van der Waals surface area contributed by atoms with Gasteiger partial charge in [-0.3, -0.25) is 4.79 Å². The van der Waals surface area contributed by atoms with Crippen molar-refractivity contribution in [2.24, 2.45) is 11.8 Å². The van der Waals surface area contributed by atoms with Crippen LogP contribution in [0.2, 0.25) is 0 Å². The Morgan fingerprint density at radius 3 is 2.30 bits per heavy atom. The molecule has 0 radical (unpaired) electrons. The minimum absolute atomic E-state index is 0. The summed E-state index contributed by atoms with van der Waals surface area (Å²) in [5.74, 6) is 1.01. The van der Waals surface area contributed by atoms with Gasteiger partial charge in [-0.25, -0.2) is 4.79 Å². The largest absolute Gasteiger partial charge is 0.342 e. The number of likely N-dealkylation sites (tertiary alicyclic amines) is 2. The quantitative estimate of drug-likeness (QED) is 0.745. The summed E-state index contributed by atoms with van der Waals surface area (Å²) in [5.41, 5.74) is 0. The van der Waals surface area contributed by atoms with Gasteiger partial charge in [-0.2, -0.15) is 0 Å². The molecule has 2 heterocycles. The number of piperidine rings is 2. The summed E-state index contributed by atoms with van der Waals surface area (Å²) in [4.78, 5) is 29.4. The lowest BCUT2D eigenvalue weighted by Gasteiger charge is -2.38. The zero-order chi connectivity index (χ0) is 18.4. The van der Waals surface area contributed by atoms with Gasteiger partial charge in [-0.15, -0.1) is 12.4 Å². The van der Waals surface area contributed by atoms with E-state index in [0.29, 0.717) is 12.6 Å². The third kappa shape index (κ3) is 6.24. The van der Waals surface area contributed by atoms with E-state index in [1.54, 1.807) is 0 Å². The van der Waals surface area contributed by atoms with Crippen molar-refractivity contribution in [3.05, 3.63) is 0 Å². The van der Waals surface area contributed by atoms with Crippen LogP contribution in [0.15, 0.2) is 0 Å². The Morgan fingerprint density at radius 1 is 0.926 bits per heavy atom. The Kier molecular flexibility index (Phi) is 9.16. The molecule has 0 aromatic heterocycles. The molecule has 0 bridgehead atoms. The maximum atomic E-state index is 12.9. The number of rotatable bonds is 5. The minimum atomic E-state index is -0.00747. The molecule has 0 aromatic rings. The second-order valence-corrected chi connectivity index (χ2v) is 8.38. The first-order valence-electron chi connectivity index (χ1n) is 10.7. The van der Waals surface area contributed by atoms with E-state index in [1.165, 1.54) is 19.3 Å². The summed E-state index contributed by atoms with van der Waals surface area (Å²) < 4.78 is 0. The van der Waals surface area contributed by atoms with E-state index in [4.69, 9.17) is 0 Å². The maximum absolute atomic E-state index is 12.9. The monoisotopic (exact) mass is 400 g/mol. The second-order valence-electron chi connectivity index (χ2n) is 8.38. The van der Waals surface area contributed by atoms with Crippen LogP contribution in [0.25, 0.3) is 0 Å². The lowest BCUT2D eigenvalue weighted by atomic mass is 9.91. The van der Waals surface area contributed by atoms with Crippen LogP contribution < -0.4 is 10.6 Å². The summed E-state index contributed by atoms with van der Waals surface area (Å²) in [6, 6.07) is 0.385. The zero-order valence-corrected chi connectivity index (χ0v) is 17.6. The van der Waals surface area contributed by atoms with Gasteiger partial charge in [0.05, 0.1) is 5.92 Å². The number of amides is 3. The molecule has 156 valence electrons. The van der Waals surface area contributed by atoms with Crippen LogP contribution >= 0.6 is 12.4 Å². The number of carbonyl (C=O) groups is 2. The molecular weight excluding hydrogens is 364 g/mol. The van der Waals surface area contributed by atoms with E-state index in [9.17, 15) is 9.59 Å². The highest BCUT2D eigenvalue weighted by Crippen LogP contribution is 2.25. The number of hydrogen-bond donors (Lipinski definition) is 2. The van der Waals surface area contributed by atoms with Crippen molar-refractivity contribution in [1.29, 1.82) is 0 Å². The number of halogens is 1. The van der Waals surface area contributed by atoms with Gasteiger partial charge >= 0.3 is 6.03 Å². The number of hydrogen-bond acceptors (Lipinski definition) is 3. The molecule has 1 unspecified atom stereocenters. The van der Waals surface area contributed by atoms with Crippen molar-refractivity contribution in [1.82, 2.24) is 20.4 Å². The van der Waals surface area contributed by atoms with Crippen molar-refractivity contribution < 1.29 is 9.59 Å². The van der Waals surface area contributed by atoms with Crippen LogP contribution in [-0.4, -0.2) is 67.6 Å². The first-order chi connectivity index (χ1) is 12.7. The second kappa shape index (κ2) is 11.1. The average molecular weight is 401 g/mol. The number of nitrogens with one attached hydrogen (secondary N) is 2. The third-order valence-electron chi connectivity index (χ3n) is 6.47. The van der Waals surface area contributed by atoms with Crippen molar-refractivity contribution in [3.8, 4) is 0 Å². The lowest BCUT2D eigenvalue weighted by Crippen LogP contribution is -2.52. The standard InChI is InChI=1S/C20H36N4O2.ClH/c1-21-11-8-16-9-13-23(14-10-16)19(25)17-5-4-12-24(15-17)20(26)22-18-6-2-3-7-18;/h16-18,21H,2-15H2,1H3,(H,22,26);1H. The molecule has 7 heteroatoms. The molecule has 2 N–H and O–H groups in total. The van der Waals surface area contributed by atoms with Gasteiger partial charge in [-0.05, 0) is 64.5 Å². The summed E-state index contributed by atoms with van der Waals surface area (Å²) in [6.07, 6.45) is 9.94. The highest BCUT2D eigenvalue weighted by atomic mass is 35.5. The summed E-state index contributed by atoms with van der Waals surface area (Å²) in [6.45, 7) is 4.22. The highest BCUT2D eigenvalue weighted by molar-refractivity contribution is 5.85. The topological polar surface area (TPSA) is 64.7 Å². The predicted molar refractivity (Wildman–Crippen MR) is 110 cm³/mol. The van der Waals surface area contributed by atoms with Gasteiger partial charge in [-0.1, -0.05) is 12.8 Å². The molecular formula is C20H37ClN4O2. The molecule has 0 spiro atoms. The molecule has 2 aliphatic heterocycles. The molecule has 1 saturated carbocycles. The van der Waals surface area contributed by atoms with Crippen molar-refractivity contribution >= 4 is 24.3 Å². The summed E-state index contributed by atoms with van der Waals surface area (Å²) in [7, 11) is 2.00. The Balaban J connectivity index is 0.00000261. The molecule has 1 aliphatic carbocycles. The first kappa shape index (κ1) is 22.3. The van der Waals surface area contributed by atoms with Crippen LogP contribution in [0.5, 0.6) is 0 Å². The SMILES string of the molecule is CNCCC1CCN(C(=O)C2CCCN(C(=O)NC3CCCC3)C2)CC1.Cl. The fourth-order valence-electron chi connectivity index (χ4n) is 4.75. The lowest BCUT2D eigenvalue weighted by molar-refractivity contribution is -0.138. The smallest absolute Gasteiger partial charge is 0.317 e. The van der Waals surface area contributed by atoms with Crippen molar-refractivity contribution in [3.63, 3.8) is 0 Å². The molecule has 1 atom stereocenters. The number of urea groups is 1. The van der Waals surface area contributed by atoms with Crippen molar-refractivity contribution in [2.45, 2.75) is 63.8 Å². The fraction of sp³-hybridized carbons (Fsp3) is 0.900. The van der Waals surface area contributed by atoms with Crippen LogP contribution in [0.1, 0.15) is 57.8 Å². The van der Waals surface area contributed by atoms with Crippen LogP contribution in [0, 0.1) is 11.8 Å². The van der Waals surface area contributed by atoms with E-state index in [-0.39, 0.29) is 30.3 Å². The van der Waals surface area contributed by atoms with E-state index in [2.05, 4.69) is 15.5 Å². The van der Waals surface area contributed by atoms with Crippen LogP contribution in [-0.2, 0) is 4.79 Å². The third-order valence-corrected chi connectivity index (χ3v) is 6.47. The number of carbonyl (C=O) groups excluding carboxylic acids is 2. The van der Waals surface area contributed by atoms with E-state index in [1.807, 2.05) is 11.9 Å². The molecule has 6 nitrogen and oxygen atoms in total. The van der Waals surface area contributed by atoms with Crippen molar-refractivity contribution in [2.75, 3.05) is 39.8 Å². The zero-order valence-electron chi connectivity index (χ0n) is 16.8. The fourth-order valence-corrected chi connectivity index (χ4v) is 4.75. The Hall–Kier alpha value is -1.01. The van der Waals surface area contributed by atoms with E-state index >= 15 is 0 Å². The van der Waals surface area contributed by atoms with Gasteiger partial charge in [0.1, 0.15) is 0 Å². The van der Waals surface area contributed by atoms with Crippen LogP contribution in [0.3, 0.4) is 0 Å². The van der Waals surface area contributed by atoms with Crippen LogP contribution in [0.4, 0.5) is 4.79 Å². The Labute approximate surface area is 170 Å². The van der Waals surface area contributed by atoms with E-state index < -0.39 is 0 Å². The highest BCUT2D eigenvalue weighted by Gasteiger charge is 2.33. The normalized spacial score (nSPS) is 24.6. The van der Waals surface area contributed by atoms with E-state index in [0.717, 1.165) is 70.6 Å². The van der Waals surface area contributed by atoms with Gasteiger partial charge in [0, 0.05) is 32.2 Å². The van der Waals surface area contributed by atoms with Gasteiger partial charge in [0.15, 0.2) is 0 Å². The Bertz CT molecular complexity index is 477. The Morgan fingerprint density at radius 2 is 1.63 bits per heavy atom. The molecule has 3 fully saturated rings. The van der Waals surface area contributed by atoms with Gasteiger partial charge in [0.2, 0.25) is 5.91 Å². The predicted octanol–water partition coefficient (Wildman–Crippen LogP) is 2.62. The molecule has 0 aromatic carbocycles. The minimum Gasteiger partial charge on any atom is -0.342 e. The summed E-state index contributed by atoms with van der Waals surface area (Å²) >= 11 is 0. The molecule has 2 saturated heterocycles. The van der Waals surface area contributed by atoms with Gasteiger partial charge in [0.25, 0.3) is 0 Å². The molecule has 3 rings (SSSR count). The average Bonchev–Trinajstić information content (AvgIpc) is 3.19. The van der Waals surface area contributed by atoms with Gasteiger partial charge < -0.3 is 20.4 Å². The number of nitrogens with zero attached hydrogens (tertiary/aromatic N) is 2. The molecule has 27 heavy (non-hydrogen) atoms. The maximum Gasteiger partial charge on any atom is 0.317 e. The first-order valence-corrected chi connectivity index (χ1v) is 10.7. The summed E-state index contributed by atoms with van der Waals surface area (Å²) in [5, 5.41) is 6.39.